The van der Waals surface area contributed by atoms with Gasteiger partial charge in [0.15, 0.2) is 6.61 Å². The molecule has 22 heavy (non-hydrogen) atoms. The standard InChI is InChI=1S/C15H20N2O5/c1-15(2,3)22-14(19)16-10-5-6-12-11(7-10)17(9-20-4)13(18)8-21-12/h5-7H,8-9H2,1-4H3,(H,16,19). The van der Waals surface area contributed by atoms with Crippen LogP contribution in [0.3, 0.4) is 0 Å². The Morgan fingerprint density at radius 3 is 2.77 bits per heavy atom. The fourth-order valence-electron chi connectivity index (χ4n) is 1.97. The minimum absolute atomic E-state index is 0.0325. The van der Waals surface area contributed by atoms with Gasteiger partial charge in [0.2, 0.25) is 0 Å². The van der Waals surface area contributed by atoms with Crippen LogP contribution in [0.25, 0.3) is 0 Å². The number of carbonyl (C=O) groups is 2. The van der Waals surface area contributed by atoms with Gasteiger partial charge < -0.3 is 14.2 Å². The number of amides is 2. The normalized spacial score (nSPS) is 14.2. The lowest BCUT2D eigenvalue weighted by Crippen LogP contribution is -2.40. The van der Waals surface area contributed by atoms with Crippen molar-refractivity contribution in [2.45, 2.75) is 26.4 Å². The van der Waals surface area contributed by atoms with Crippen molar-refractivity contribution in [2.24, 2.45) is 0 Å². The molecule has 0 radical (unpaired) electrons. The Bertz CT molecular complexity index is 580. The second-order valence-corrected chi connectivity index (χ2v) is 5.84. The van der Waals surface area contributed by atoms with Crippen molar-refractivity contribution >= 4 is 23.4 Å². The van der Waals surface area contributed by atoms with Crippen molar-refractivity contribution in [2.75, 3.05) is 30.7 Å². The van der Waals surface area contributed by atoms with E-state index in [0.717, 1.165) is 0 Å². The number of benzene rings is 1. The van der Waals surface area contributed by atoms with Gasteiger partial charge in [0.1, 0.15) is 18.1 Å². The molecule has 0 fully saturated rings. The van der Waals surface area contributed by atoms with Gasteiger partial charge in [-0.25, -0.2) is 4.79 Å². The predicted molar refractivity (Wildman–Crippen MR) is 81.2 cm³/mol. The van der Waals surface area contributed by atoms with Crippen LogP contribution in [0.1, 0.15) is 20.8 Å². The minimum atomic E-state index is -0.584. The summed E-state index contributed by atoms with van der Waals surface area (Å²) >= 11 is 0. The molecule has 1 aliphatic rings. The van der Waals surface area contributed by atoms with Gasteiger partial charge in [0, 0.05) is 12.8 Å². The summed E-state index contributed by atoms with van der Waals surface area (Å²) < 4.78 is 15.6. The van der Waals surface area contributed by atoms with Crippen molar-refractivity contribution in [3.05, 3.63) is 18.2 Å². The zero-order valence-corrected chi connectivity index (χ0v) is 13.1. The van der Waals surface area contributed by atoms with Crippen LogP contribution < -0.4 is 15.0 Å². The van der Waals surface area contributed by atoms with Crippen molar-refractivity contribution < 1.29 is 23.8 Å². The molecule has 0 spiro atoms. The zero-order valence-electron chi connectivity index (χ0n) is 13.1. The molecule has 1 aromatic rings. The lowest BCUT2D eigenvalue weighted by molar-refractivity contribution is -0.122. The highest BCUT2D eigenvalue weighted by Crippen LogP contribution is 2.34. The number of nitrogens with one attached hydrogen (secondary N) is 1. The Hall–Kier alpha value is -2.28. The summed E-state index contributed by atoms with van der Waals surface area (Å²) in [6, 6.07) is 5.02. The highest BCUT2D eigenvalue weighted by atomic mass is 16.6. The Kier molecular flexibility index (Phi) is 4.56. The largest absolute Gasteiger partial charge is 0.482 e. The molecule has 7 heteroatoms. The van der Waals surface area contributed by atoms with Gasteiger partial charge in [0.25, 0.3) is 5.91 Å². The zero-order chi connectivity index (χ0) is 16.3. The molecule has 2 rings (SSSR count). The van der Waals surface area contributed by atoms with Crippen LogP contribution in [-0.2, 0) is 14.3 Å². The predicted octanol–water partition coefficient (Wildman–Crippen LogP) is 2.36. The molecule has 7 nitrogen and oxygen atoms in total. The SMILES string of the molecule is COCN1C(=O)COc2ccc(NC(=O)OC(C)(C)C)cc21. The maximum Gasteiger partial charge on any atom is 0.412 e. The minimum Gasteiger partial charge on any atom is -0.482 e. The highest BCUT2D eigenvalue weighted by Gasteiger charge is 2.26. The molecule has 0 aliphatic carbocycles. The number of nitrogens with zero attached hydrogens (tertiary/aromatic N) is 1. The van der Waals surface area contributed by atoms with E-state index in [2.05, 4.69) is 5.32 Å². The molecule has 1 aromatic carbocycles. The van der Waals surface area contributed by atoms with Gasteiger partial charge in [-0.05, 0) is 39.0 Å². The monoisotopic (exact) mass is 308 g/mol. The van der Waals surface area contributed by atoms with Crippen LogP contribution in [0, 0.1) is 0 Å². The van der Waals surface area contributed by atoms with Crippen LogP contribution in [0.4, 0.5) is 16.2 Å². The number of hydrogen-bond donors (Lipinski definition) is 1. The summed E-state index contributed by atoms with van der Waals surface area (Å²) in [5.41, 5.74) is 0.471. The summed E-state index contributed by atoms with van der Waals surface area (Å²) in [5.74, 6) is 0.357. The number of methoxy groups -OCH3 is 1. The van der Waals surface area contributed by atoms with Crippen LogP contribution >= 0.6 is 0 Å². The number of hydrogen-bond acceptors (Lipinski definition) is 5. The van der Waals surface area contributed by atoms with Gasteiger partial charge in [0.05, 0.1) is 5.69 Å². The van der Waals surface area contributed by atoms with Crippen LogP contribution in [0.15, 0.2) is 18.2 Å². The lowest BCUT2D eigenvalue weighted by Gasteiger charge is -2.29. The quantitative estimate of drug-likeness (QED) is 0.927. The number of rotatable bonds is 3. The average molecular weight is 308 g/mol. The van der Waals surface area contributed by atoms with E-state index in [9.17, 15) is 9.59 Å². The van der Waals surface area contributed by atoms with Crippen molar-refractivity contribution in [1.29, 1.82) is 0 Å². The van der Waals surface area contributed by atoms with Crippen LogP contribution in [0.2, 0.25) is 0 Å². The first-order valence-corrected chi connectivity index (χ1v) is 6.86. The van der Waals surface area contributed by atoms with E-state index < -0.39 is 11.7 Å². The van der Waals surface area contributed by atoms with E-state index >= 15 is 0 Å². The molecule has 1 aliphatic heterocycles. The maximum absolute atomic E-state index is 11.9. The summed E-state index contributed by atoms with van der Waals surface area (Å²) in [4.78, 5) is 25.1. The number of anilines is 2. The smallest absolute Gasteiger partial charge is 0.412 e. The lowest BCUT2D eigenvalue weighted by atomic mass is 10.2. The third kappa shape index (κ3) is 3.88. The van der Waals surface area contributed by atoms with E-state index in [1.165, 1.54) is 12.0 Å². The molecule has 120 valence electrons. The van der Waals surface area contributed by atoms with E-state index in [1.54, 1.807) is 39.0 Å². The summed E-state index contributed by atoms with van der Waals surface area (Å²) in [6.07, 6.45) is -0.561. The van der Waals surface area contributed by atoms with Crippen LogP contribution in [0.5, 0.6) is 5.75 Å². The second kappa shape index (κ2) is 6.23. The number of fused-ring (bicyclic) bond motifs is 1. The molecule has 0 aromatic heterocycles. The highest BCUT2D eigenvalue weighted by molar-refractivity contribution is 5.98. The fourth-order valence-corrected chi connectivity index (χ4v) is 1.97. The summed E-state index contributed by atoms with van der Waals surface area (Å²) in [5, 5.41) is 2.63. The molecule has 0 bridgehead atoms. The molecule has 0 saturated carbocycles. The molecular formula is C15H20N2O5. The van der Waals surface area contributed by atoms with E-state index in [1.807, 2.05) is 0 Å². The molecule has 1 N–H and O–H groups in total. The number of carbonyl (C=O) groups excluding carboxylic acids is 2. The number of ether oxygens (including phenoxy) is 3. The maximum atomic E-state index is 11.9. The molecular weight excluding hydrogens is 288 g/mol. The first-order valence-electron chi connectivity index (χ1n) is 6.86. The van der Waals surface area contributed by atoms with Gasteiger partial charge >= 0.3 is 6.09 Å². The van der Waals surface area contributed by atoms with E-state index in [4.69, 9.17) is 14.2 Å². The van der Waals surface area contributed by atoms with Crippen molar-refractivity contribution in [1.82, 2.24) is 0 Å². The van der Waals surface area contributed by atoms with E-state index in [-0.39, 0.29) is 19.2 Å². The van der Waals surface area contributed by atoms with E-state index in [0.29, 0.717) is 17.1 Å². The van der Waals surface area contributed by atoms with Gasteiger partial charge in [-0.15, -0.1) is 0 Å². The Balaban J connectivity index is 2.19. The first kappa shape index (κ1) is 16.1. The third-order valence-corrected chi connectivity index (χ3v) is 2.81. The molecule has 0 saturated heterocycles. The summed E-state index contributed by atoms with van der Waals surface area (Å²) in [6.45, 7) is 5.44. The Morgan fingerprint density at radius 2 is 2.14 bits per heavy atom. The molecule has 0 atom stereocenters. The van der Waals surface area contributed by atoms with Crippen LogP contribution in [-0.4, -0.2) is 38.0 Å². The topological polar surface area (TPSA) is 77.1 Å². The fraction of sp³-hybridized carbons (Fsp3) is 0.467. The van der Waals surface area contributed by atoms with Crippen molar-refractivity contribution in [3.63, 3.8) is 0 Å². The second-order valence-electron chi connectivity index (χ2n) is 5.84. The molecule has 2 amide bonds. The summed E-state index contributed by atoms with van der Waals surface area (Å²) in [7, 11) is 1.51. The third-order valence-electron chi connectivity index (χ3n) is 2.81. The first-order chi connectivity index (χ1) is 10.3. The molecule has 1 heterocycles. The molecule has 0 unspecified atom stereocenters. The Labute approximate surface area is 129 Å². The van der Waals surface area contributed by atoms with Gasteiger partial charge in [-0.1, -0.05) is 0 Å². The Morgan fingerprint density at radius 1 is 1.41 bits per heavy atom. The van der Waals surface area contributed by atoms with Gasteiger partial charge in [-0.2, -0.15) is 0 Å². The average Bonchev–Trinajstić information content (AvgIpc) is 2.40. The van der Waals surface area contributed by atoms with Gasteiger partial charge in [-0.3, -0.25) is 15.0 Å². The van der Waals surface area contributed by atoms with Crippen molar-refractivity contribution in [3.8, 4) is 5.75 Å².